The van der Waals surface area contributed by atoms with Crippen molar-refractivity contribution in [3.8, 4) is 55.6 Å². The van der Waals surface area contributed by atoms with Gasteiger partial charge in [-0.25, -0.2) is 0 Å². The lowest BCUT2D eigenvalue weighted by Gasteiger charge is -2.48. The minimum Gasteiger partial charge on any atom is -0.455 e. The third kappa shape index (κ3) is 5.81. The predicted molar refractivity (Wildman–Crippen MR) is 313 cm³/mol. The predicted octanol–water partition coefficient (Wildman–Crippen LogP) is 19.1. The highest BCUT2D eigenvalue weighted by molar-refractivity contribution is 6.10. The molecule has 0 aliphatic heterocycles. The lowest BCUT2D eigenvalue weighted by molar-refractivity contribution is 0.633. The molecular weight excluding hydrogens is 919 g/mol. The first-order valence-electron chi connectivity index (χ1n) is 26.4. The second-order valence-electron chi connectivity index (χ2n) is 20.6. The SMILES string of the molecule is c1ccc(-c2ccc(N(c3ccc(-c4cccc5c4-c4ccccc4C54c5ccccc5C5(c6ccccc6-c6ccccc65)c5ccccc54)cc3)c3cccc(-c4cccc5c4oc4ccccc45)c3)cc2)cc1. The maximum Gasteiger partial charge on any atom is 0.143 e. The molecule has 0 amide bonds. The first-order chi connectivity index (χ1) is 37.7. The highest BCUT2D eigenvalue weighted by Crippen LogP contribution is 2.68. The first-order valence-corrected chi connectivity index (χ1v) is 26.4. The Hall–Kier alpha value is -9.76. The quantitative estimate of drug-likeness (QED) is 0.165. The maximum atomic E-state index is 6.58. The largest absolute Gasteiger partial charge is 0.455 e. The molecule has 0 radical (unpaired) electrons. The Morgan fingerprint density at radius 1 is 0.250 bits per heavy atom. The molecule has 0 unspecified atom stereocenters. The zero-order valence-corrected chi connectivity index (χ0v) is 41.5. The van der Waals surface area contributed by atoms with Crippen LogP contribution in [0.3, 0.4) is 0 Å². The number of nitrogens with zero attached hydrogens (tertiary/aromatic N) is 1. The normalized spacial score (nSPS) is 13.7. The number of hydrogen-bond donors (Lipinski definition) is 0. The van der Waals surface area contributed by atoms with Crippen LogP contribution in [0.4, 0.5) is 17.1 Å². The van der Waals surface area contributed by atoms with Crippen molar-refractivity contribution < 1.29 is 4.42 Å². The van der Waals surface area contributed by atoms with E-state index in [9.17, 15) is 0 Å². The van der Waals surface area contributed by atoms with Gasteiger partial charge in [0.25, 0.3) is 0 Å². The molecule has 12 aromatic carbocycles. The summed E-state index contributed by atoms with van der Waals surface area (Å²) in [6.07, 6.45) is 0. The van der Waals surface area contributed by atoms with Crippen LogP contribution in [0.1, 0.15) is 44.5 Å². The van der Waals surface area contributed by atoms with E-state index in [4.69, 9.17) is 4.42 Å². The molecule has 2 heteroatoms. The van der Waals surface area contributed by atoms with Crippen LogP contribution in [-0.2, 0) is 10.8 Å². The van der Waals surface area contributed by atoms with Gasteiger partial charge in [-0.15, -0.1) is 0 Å². The third-order valence-corrected chi connectivity index (χ3v) is 17.0. The third-order valence-electron chi connectivity index (χ3n) is 17.0. The van der Waals surface area contributed by atoms with Gasteiger partial charge in [-0.05, 0) is 137 Å². The molecule has 13 aromatic rings. The topological polar surface area (TPSA) is 16.4 Å². The lowest BCUT2D eigenvalue weighted by atomic mass is 9.52. The van der Waals surface area contributed by atoms with Crippen LogP contribution in [0.5, 0.6) is 0 Å². The van der Waals surface area contributed by atoms with Crippen LogP contribution in [0.2, 0.25) is 0 Å². The molecule has 2 spiro atoms. The number of anilines is 3. The van der Waals surface area contributed by atoms with E-state index in [-0.39, 0.29) is 0 Å². The Morgan fingerprint density at radius 3 is 1.32 bits per heavy atom. The summed E-state index contributed by atoms with van der Waals surface area (Å²) < 4.78 is 6.58. The lowest BCUT2D eigenvalue weighted by Crippen LogP contribution is -2.43. The van der Waals surface area contributed by atoms with E-state index in [1.165, 1.54) is 89.0 Å². The molecule has 0 saturated carbocycles. The fourth-order valence-corrected chi connectivity index (χ4v) is 14.0. The summed E-state index contributed by atoms with van der Waals surface area (Å²) in [5.74, 6) is 0. The van der Waals surface area contributed by atoms with Gasteiger partial charge in [0, 0.05) is 33.4 Å². The van der Waals surface area contributed by atoms with Crippen molar-refractivity contribution in [2.75, 3.05) is 4.90 Å². The van der Waals surface area contributed by atoms with Crippen LogP contribution in [0.15, 0.2) is 290 Å². The molecule has 1 heterocycles. The van der Waals surface area contributed by atoms with Gasteiger partial charge in [0.05, 0.1) is 10.8 Å². The number of para-hydroxylation sites is 2. The van der Waals surface area contributed by atoms with Crippen molar-refractivity contribution in [1.29, 1.82) is 0 Å². The maximum absolute atomic E-state index is 6.58. The van der Waals surface area contributed by atoms with Crippen molar-refractivity contribution in [2.24, 2.45) is 0 Å². The van der Waals surface area contributed by atoms with Gasteiger partial charge in [0.1, 0.15) is 11.2 Å². The number of hydrogen-bond acceptors (Lipinski definition) is 2. The fourth-order valence-electron chi connectivity index (χ4n) is 14.0. The minimum absolute atomic E-state index is 0.481. The van der Waals surface area contributed by atoms with Gasteiger partial charge < -0.3 is 9.32 Å². The molecule has 354 valence electrons. The van der Waals surface area contributed by atoms with E-state index >= 15 is 0 Å². The number of furan rings is 1. The standard InChI is InChI=1S/C74H47NO/c1-2-19-48(20-3-1)49-39-43-52(44-40-49)75(54-22-16-21-51(47-54)56-28-17-29-60-59-25-7-15-38-70(59)76-72(56)60)53-45-41-50(42-46-53)55-27-18-37-69-71(55)61-26-6-10-32-64(61)74(69)67-35-13-11-33-65(67)73(66-34-12-14-36-68(66)74)62-30-8-4-23-57(62)58-24-5-9-31-63(58)73/h1-47H. The molecule has 16 rings (SSSR count). The summed E-state index contributed by atoms with van der Waals surface area (Å²) in [6.45, 7) is 0. The van der Waals surface area contributed by atoms with Crippen LogP contribution in [-0.4, -0.2) is 0 Å². The van der Waals surface area contributed by atoms with Gasteiger partial charge in [0.2, 0.25) is 0 Å². The van der Waals surface area contributed by atoms with Crippen LogP contribution >= 0.6 is 0 Å². The van der Waals surface area contributed by atoms with Crippen molar-refractivity contribution in [3.05, 3.63) is 330 Å². The van der Waals surface area contributed by atoms with Gasteiger partial charge in [0.15, 0.2) is 0 Å². The number of rotatable bonds is 6. The van der Waals surface area contributed by atoms with Crippen molar-refractivity contribution in [3.63, 3.8) is 0 Å². The van der Waals surface area contributed by atoms with Crippen LogP contribution < -0.4 is 4.90 Å². The average Bonchev–Trinajstić information content (AvgIpc) is 4.26. The molecule has 3 aliphatic carbocycles. The molecule has 3 aliphatic rings. The van der Waals surface area contributed by atoms with Crippen molar-refractivity contribution in [1.82, 2.24) is 0 Å². The zero-order valence-electron chi connectivity index (χ0n) is 41.5. The van der Waals surface area contributed by atoms with Crippen LogP contribution in [0.25, 0.3) is 77.6 Å². The molecule has 0 N–H and O–H groups in total. The van der Waals surface area contributed by atoms with E-state index in [2.05, 4.69) is 284 Å². The second-order valence-corrected chi connectivity index (χ2v) is 20.6. The summed E-state index contributed by atoms with van der Waals surface area (Å²) >= 11 is 0. The average molecular weight is 966 g/mol. The van der Waals surface area contributed by atoms with Crippen molar-refractivity contribution >= 4 is 39.0 Å². The van der Waals surface area contributed by atoms with Gasteiger partial charge in [-0.2, -0.15) is 0 Å². The molecule has 0 atom stereocenters. The number of benzene rings is 12. The number of fused-ring (bicyclic) bond motifs is 19. The molecule has 2 nitrogen and oxygen atoms in total. The van der Waals surface area contributed by atoms with Crippen molar-refractivity contribution in [2.45, 2.75) is 10.8 Å². The summed E-state index contributed by atoms with van der Waals surface area (Å²) in [4.78, 5) is 2.38. The second kappa shape index (κ2) is 16.4. The molecule has 0 saturated heterocycles. The smallest absolute Gasteiger partial charge is 0.143 e. The Morgan fingerprint density at radius 2 is 0.671 bits per heavy atom. The van der Waals surface area contributed by atoms with E-state index in [1.807, 2.05) is 6.07 Å². The Kier molecular flexibility index (Phi) is 9.20. The van der Waals surface area contributed by atoms with E-state index in [0.29, 0.717) is 0 Å². The Bertz CT molecular complexity index is 4370. The molecule has 76 heavy (non-hydrogen) atoms. The highest BCUT2D eigenvalue weighted by Gasteiger charge is 2.59. The Labute approximate surface area is 442 Å². The van der Waals surface area contributed by atoms with Crippen LogP contribution in [0, 0.1) is 0 Å². The highest BCUT2D eigenvalue weighted by atomic mass is 16.3. The minimum atomic E-state index is -0.562. The Balaban J connectivity index is 0.861. The molecular formula is C74H47NO. The molecule has 0 bridgehead atoms. The van der Waals surface area contributed by atoms with Gasteiger partial charge in [-0.3, -0.25) is 0 Å². The molecule has 0 fully saturated rings. The monoisotopic (exact) mass is 965 g/mol. The molecule has 1 aromatic heterocycles. The summed E-state index contributed by atoms with van der Waals surface area (Å²) in [7, 11) is 0. The first kappa shape index (κ1) is 42.7. The van der Waals surface area contributed by atoms with Gasteiger partial charge >= 0.3 is 0 Å². The van der Waals surface area contributed by atoms with E-state index in [1.54, 1.807) is 0 Å². The summed E-state index contributed by atoms with van der Waals surface area (Å²) in [6, 6.07) is 106. The fraction of sp³-hybridized carbons (Fsp3) is 0.0270. The van der Waals surface area contributed by atoms with E-state index in [0.717, 1.165) is 50.1 Å². The van der Waals surface area contributed by atoms with E-state index < -0.39 is 10.8 Å². The summed E-state index contributed by atoms with van der Waals surface area (Å²) in [5.41, 5.74) is 26.8. The summed E-state index contributed by atoms with van der Waals surface area (Å²) in [5, 5.41) is 2.25. The zero-order chi connectivity index (χ0) is 50.0. The van der Waals surface area contributed by atoms with Gasteiger partial charge in [-0.1, -0.05) is 243 Å².